The zero-order chi connectivity index (χ0) is 15.7. The number of anilines is 2. The lowest BCUT2D eigenvalue weighted by atomic mass is 10.2. The van der Waals surface area contributed by atoms with Gasteiger partial charge in [0, 0.05) is 10.6 Å². The predicted molar refractivity (Wildman–Crippen MR) is 81.5 cm³/mol. The Bertz CT molecular complexity index is 811. The van der Waals surface area contributed by atoms with Crippen molar-refractivity contribution in [3.8, 4) is 0 Å². The molecule has 0 fully saturated rings. The summed E-state index contributed by atoms with van der Waals surface area (Å²) < 4.78 is 38.3. The van der Waals surface area contributed by atoms with Crippen LogP contribution in [0.3, 0.4) is 0 Å². The average molecular weight is 323 g/mol. The molecule has 0 saturated heterocycles. The number of nitrogens with zero attached hydrogens (tertiary/aromatic N) is 2. The smallest absolute Gasteiger partial charge is 0.340 e. The first-order valence-electron chi connectivity index (χ1n) is 6.65. The molecule has 2 heterocycles. The average Bonchev–Trinajstić information content (AvgIpc) is 2.91. The maximum absolute atomic E-state index is 12.8. The summed E-state index contributed by atoms with van der Waals surface area (Å²) in [7, 11) is 0. The molecule has 0 aliphatic carbocycles. The van der Waals surface area contributed by atoms with E-state index < -0.39 is 11.7 Å². The van der Waals surface area contributed by atoms with Crippen LogP contribution in [0, 0.1) is 0 Å². The van der Waals surface area contributed by atoms with Gasteiger partial charge in [0.2, 0.25) is 0 Å². The van der Waals surface area contributed by atoms with Crippen molar-refractivity contribution in [2.45, 2.75) is 19.5 Å². The fourth-order valence-corrected chi connectivity index (χ4v) is 3.02. The largest absolute Gasteiger partial charge is 0.416 e. The second kappa shape index (κ2) is 5.57. The van der Waals surface area contributed by atoms with Crippen LogP contribution in [0.1, 0.15) is 17.4 Å². The highest BCUT2D eigenvalue weighted by Gasteiger charge is 2.30. The van der Waals surface area contributed by atoms with E-state index in [1.807, 2.05) is 13.0 Å². The lowest BCUT2D eigenvalue weighted by Gasteiger charge is -2.10. The van der Waals surface area contributed by atoms with Crippen LogP contribution in [-0.2, 0) is 12.6 Å². The minimum atomic E-state index is -4.36. The maximum Gasteiger partial charge on any atom is 0.416 e. The molecule has 0 atom stereocenters. The summed E-state index contributed by atoms with van der Waals surface area (Å²) in [6.07, 6.45) is -2.07. The summed E-state index contributed by atoms with van der Waals surface area (Å²) >= 11 is 1.56. The minimum Gasteiger partial charge on any atom is -0.340 e. The SMILES string of the molecule is CCc1cc2c(Nc3cccc(C(F)(F)F)c3)ncnc2s1. The molecule has 7 heteroatoms. The number of rotatable bonds is 3. The third kappa shape index (κ3) is 2.89. The summed E-state index contributed by atoms with van der Waals surface area (Å²) in [6.45, 7) is 2.04. The van der Waals surface area contributed by atoms with Crippen LogP contribution in [0.4, 0.5) is 24.7 Å². The summed E-state index contributed by atoms with van der Waals surface area (Å²) in [5, 5.41) is 3.77. The first-order valence-corrected chi connectivity index (χ1v) is 7.46. The molecule has 3 aromatic rings. The Morgan fingerprint density at radius 1 is 1.18 bits per heavy atom. The van der Waals surface area contributed by atoms with Crippen molar-refractivity contribution in [1.82, 2.24) is 9.97 Å². The summed E-state index contributed by atoms with van der Waals surface area (Å²) in [5.41, 5.74) is -0.346. The van der Waals surface area contributed by atoms with Crippen molar-refractivity contribution in [2.24, 2.45) is 0 Å². The van der Waals surface area contributed by atoms with Gasteiger partial charge in [0.15, 0.2) is 0 Å². The molecule has 0 spiro atoms. The van der Waals surface area contributed by atoms with E-state index in [4.69, 9.17) is 0 Å². The Hall–Kier alpha value is -2.15. The fraction of sp³-hybridized carbons (Fsp3) is 0.200. The quantitative estimate of drug-likeness (QED) is 0.736. The third-order valence-corrected chi connectivity index (χ3v) is 4.37. The molecular weight excluding hydrogens is 311 g/mol. The normalized spacial score (nSPS) is 11.8. The van der Waals surface area contributed by atoms with Gasteiger partial charge in [-0.2, -0.15) is 13.2 Å². The maximum atomic E-state index is 12.8. The predicted octanol–water partition coefficient (Wildman–Crippen LogP) is 5.02. The number of nitrogens with one attached hydrogen (secondary N) is 1. The molecule has 0 radical (unpaired) electrons. The van der Waals surface area contributed by atoms with Crippen molar-refractivity contribution in [2.75, 3.05) is 5.32 Å². The van der Waals surface area contributed by atoms with E-state index in [0.717, 1.165) is 33.6 Å². The monoisotopic (exact) mass is 323 g/mol. The Morgan fingerprint density at radius 2 is 2.00 bits per heavy atom. The Kier molecular flexibility index (Phi) is 3.74. The first kappa shape index (κ1) is 14.8. The Balaban J connectivity index is 1.98. The van der Waals surface area contributed by atoms with E-state index in [1.54, 1.807) is 17.4 Å². The lowest BCUT2D eigenvalue weighted by molar-refractivity contribution is -0.137. The van der Waals surface area contributed by atoms with E-state index in [-0.39, 0.29) is 0 Å². The zero-order valence-corrected chi connectivity index (χ0v) is 12.4. The number of alkyl halides is 3. The van der Waals surface area contributed by atoms with Crippen LogP contribution in [0.25, 0.3) is 10.2 Å². The van der Waals surface area contributed by atoms with Crippen molar-refractivity contribution in [1.29, 1.82) is 0 Å². The second-order valence-electron chi connectivity index (χ2n) is 4.71. The molecule has 3 rings (SSSR count). The van der Waals surface area contributed by atoms with Crippen molar-refractivity contribution >= 4 is 33.1 Å². The second-order valence-corrected chi connectivity index (χ2v) is 5.83. The van der Waals surface area contributed by atoms with Crippen LogP contribution < -0.4 is 5.32 Å². The molecule has 2 aromatic heterocycles. The van der Waals surface area contributed by atoms with Crippen LogP contribution in [-0.4, -0.2) is 9.97 Å². The van der Waals surface area contributed by atoms with Crippen molar-refractivity contribution in [3.63, 3.8) is 0 Å². The Labute approximate surface area is 128 Å². The molecule has 0 saturated carbocycles. The summed E-state index contributed by atoms with van der Waals surface area (Å²) in [6, 6.07) is 7.03. The van der Waals surface area contributed by atoms with E-state index in [1.165, 1.54) is 12.4 Å². The number of benzene rings is 1. The molecule has 0 aliphatic heterocycles. The van der Waals surface area contributed by atoms with Gasteiger partial charge in [-0.1, -0.05) is 13.0 Å². The zero-order valence-electron chi connectivity index (χ0n) is 11.6. The third-order valence-electron chi connectivity index (χ3n) is 3.18. The highest BCUT2D eigenvalue weighted by Crippen LogP contribution is 2.33. The number of halogens is 3. The standard InChI is InChI=1S/C15H12F3N3S/c1-2-11-7-12-13(19-8-20-14(12)22-11)21-10-5-3-4-9(6-10)15(16,17)18/h3-8H,2H2,1H3,(H,19,20,21). The van der Waals surface area contributed by atoms with Crippen LogP contribution >= 0.6 is 11.3 Å². The molecule has 1 N–H and O–H groups in total. The molecule has 3 nitrogen and oxygen atoms in total. The summed E-state index contributed by atoms with van der Waals surface area (Å²) in [4.78, 5) is 10.3. The van der Waals surface area contributed by atoms with Crippen LogP contribution in [0.2, 0.25) is 0 Å². The van der Waals surface area contributed by atoms with Crippen molar-refractivity contribution in [3.05, 3.63) is 47.1 Å². The fourth-order valence-electron chi connectivity index (χ4n) is 2.09. The number of hydrogen-bond acceptors (Lipinski definition) is 4. The molecule has 114 valence electrons. The minimum absolute atomic E-state index is 0.346. The van der Waals surface area contributed by atoms with E-state index in [2.05, 4.69) is 15.3 Å². The molecule has 1 aromatic carbocycles. The van der Waals surface area contributed by atoms with Gasteiger partial charge in [0.1, 0.15) is 17.0 Å². The van der Waals surface area contributed by atoms with Crippen molar-refractivity contribution < 1.29 is 13.2 Å². The molecular formula is C15H12F3N3S. The number of aromatic nitrogens is 2. The van der Waals surface area contributed by atoms with E-state index in [9.17, 15) is 13.2 Å². The highest BCUT2D eigenvalue weighted by atomic mass is 32.1. The number of thiophene rings is 1. The van der Waals surface area contributed by atoms with Gasteiger partial charge in [-0.05, 0) is 30.7 Å². The summed E-state index contributed by atoms with van der Waals surface area (Å²) in [5.74, 6) is 0.514. The lowest BCUT2D eigenvalue weighted by Crippen LogP contribution is -2.05. The van der Waals surface area contributed by atoms with Gasteiger partial charge < -0.3 is 5.32 Å². The number of hydrogen-bond donors (Lipinski definition) is 1. The van der Waals surface area contributed by atoms with Gasteiger partial charge in [-0.15, -0.1) is 11.3 Å². The van der Waals surface area contributed by atoms with Gasteiger partial charge in [-0.25, -0.2) is 9.97 Å². The topological polar surface area (TPSA) is 37.8 Å². The van der Waals surface area contributed by atoms with Gasteiger partial charge >= 0.3 is 6.18 Å². The van der Waals surface area contributed by atoms with E-state index >= 15 is 0 Å². The van der Waals surface area contributed by atoms with Gasteiger partial charge in [-0.3, -0.25) is 0 Å². The molecule has 22 heavy (non-hydrogen) atoms. The molecule has 0 bridgehead atoms. The number of fused-ring (bicyclic) bond motifs is 1. The van der Waals surface area contributed by atoms with Crippen LogP contribution in [0.15, 0.2) is 36.7 Å². The molecule has 0 aliphatic rings. The van der Waals surface area contributed by atoms with Crippen LogP contribution in [0.5, 0.6) is 0 Å². The highest BCUT2D eigenvalue weighted by molar-refractivity contribution is 7.18. The van der Waals surface area contributed by atoms with E-state index in [0.29, 0.717) is 11.5 Å². The Morgan fingerprint density at radius 3 is 2.73 bits per heavy atom. The van der Waals surface area contributed by atoms with Gasteiger partial charge in [0.05, 0.1) is 10.9 Å². The first-order chi connectivity index (χ1) is 10.5. The number of aryl methyl sites for hydroxylation is 1. The molecule has 0 amide bonds. The van der Waals surface area contributed by atoms with Gasteiger partial charge in [0.25, 0.3) is 0 Å². The molecule has 0 unspecified atom stereocenters.